The Morgan fingerprint density at radius 3 is 2.35 bits per heavy atom. The predicted molar refractivity (Wildman–Crippen MR) is 157 cm³/mol. The highest BCUT2D eigenvalue weighted by atomic mass is 19.1. The number of amides is 2. The van der Waals surface area contributed by atoms with Crippen LogP contribution in [0.25, 0.3) is 17.3 Å². The van der Waals surface area contributed by atoms with E-state index in [1.165, 1.54) is 12.1 Å². The first-order chi connectivity index (χ1) is 18.9. The first kappa shape index (κ1) is 29.0. The third-order valence-electron chi connectivity index (χ3n) is 6.86. The van der Waals surface area contributed by atoms with Crippen LogP contribution in [-0.2, 0) is 11.3 Å². The van der Waals surface area contributed by atoms with Crippen LogP contribution < -0.4 is 4.90 Å². The zero-order valence-corrected chi connectivity index (χ0v) is 23.9. The largest absolute Gasteiger partial charge is 0.444 e. The van der Waals surface area contributed by atoms with Gasteiger partial charge in [-0.3, -0.25) is 9.69 Å². The van der Waals surface area contributed by atoms with Crippen molar-refractivity contribution >= 4 is 23.8 Å². The highest BCUT2D eigenvalue weighted by molar-refractivity contribution is 6.07. The van der Waals surface area contributed by atoms with Crippen LogP contribution in [0.15, 0.2) is 67.2 Å². The van der Waals surface area contributed by atoms with Crippen molar-refractivity contribution in [1.29, 1.82) is 0 Å². The molecule has 1 aliphatic rings. The van der Waals surface area contributed by atoms with Gasteiger partial charge >= 0.3 is 6.09 Å². The maximum Gasteiger partial charge on any atom is 0.410 e. The van der Waals surface area contributed by atoms with Crippen LogP contribution >= 0.6 is 0 Å². The van der Waals surface area contributed by atoms with Crippen molar-refractivity contribution < 1.29 is 18.7 Å². The van der Waals surface area contributed by atoms with Crippen molar-refractivity contribution in [2.24, 2.45) is 0 Å². The van der Waals surface area contributed by atoms with Gasteiger partial charge in [0, 0.05) is 50.5 Å². The van der Waals surface area contributed by atoms with E-state index in [1.54, 1.807) is 47.2 Å². The van der Waals surface area contributed by atoms with Crippen LogP contribution in [-0.4, -0.2) is 65.1 Å². The van der Waals surface area contributed by atoms with E-state index in [1.807, 2.05) is 52.0 Å². The van der Waals surface area contributed by atoms with E-state index in [9.17, 15) is 14.0 Å². The van der Waals surface area contributed by atoms with Crippen LogP contribution in [0.1, 0.15) is 49.3 Å². The maximum atomic E-state index is 13.4. The van der Waals surface area contributed by atoms with Gasteiger partial charge in [0.05, 0.1) is 17.0 Å². The summed E-state index contributed by atoms with van der Waals surface area (Å²) >= 11 is 0. The maximum absolute atomic E-state index is 13.4. The van der Waals surface area contributed by atoms with Crippen molar-refractivity contribution in [1.82, 2.24) is 14.8 Å². The van der Waals surface area contributed by atoms with Crippen LogP contribution in [0.2, 0.25) is 0 Å². The van der Waals surface area contributed by atoms with Gasteiger partial charge in [-0.25, -0.2) is 14.2 Å². The molecule has 0 bridgehead atoms. The summed E-state index contributed by atoms with van der Waals surface area (Å²) in [5.74, 6) is -0.518. The number of piperazine rings is 1. The second kappa shape index (κ2) is 12.0. The quantitative estimate of drug-likeness (QED) is 0.367. The first-order valence-corrected chi connectivity index (χ1v) is 13.4. The Labute approximate surface area is 235 Å². The molecule has 2 amide bonds. The number of pyridine rings is 1. The summed E-state index contributed by atoms with van der Waals surface area (Å²) < 4.78 is 18.9. The molecule has 3 aromatic rings. The summed E-state index contributed by atoms with van der Waals surface area (Å²) in [5.41, 5.74) is 3.67. The molecule has 40 heavy (non-hydrogen) atoms. The van der Waals surface area contributed by atoms with E-state index in [0.717, 1.165) is 36.4 Å². The third kappa shape index (κ3) is 6.93. The number of rotatable bonds is 6. The molecule has 0 aliphatic carbocycles. The smallest absolute Gasteiger partial charge is 0.410 e. The Balaban J connectivity index is 1.39. The fourth-order valence-corrected chi connectivity index (χ4v) is 4.74. The molecule has 0 N–H and O–H groups in total. The minimum absolute atomic E-state index is 0.0498. The normalized spacial score (nSPS) is 15.9. The second-order valence-electron chi connectivity index (χ2n) is 11.1. The number of benzene rings is 2. The van der Waals surface area contributed by atoms with E-state index in [0.29, 0.717) is 23.5 Å². The monoisotopic (exact) mass is 544 g/mol. The summed E-state index contributed by atoms with van der Waals surface area (Å²) in [5, 5.41) is 0. The van der Waals surface area contributed by atoms with Gasteiger partial charge in [0.1, 0.15) is 11.4 Å². The zero-order valence-electron chi connectivity index (χ0n) is 23.9. The molecule has 0 radical (unpaired) electrons. The van der Waals surface area contributed by atoms with Gasteiger partial charge < -0.3 is 14.5 Å². The number of anilines is 1. The third-order valence-corrected chi connectivity index (χ3v) is 6.86. The second-order valence-corrected chi connectivity index (χ2v) is 11.1. The lowest BCUT2D eigenvalue weighted by molar-refractivity contribution is 0.000550. The Morgan fingerprint density at radius 1 is 1.07 bits per heavy atom. The standard InChI is InChI=1S/C32H37FN4O3/c1-7-28-27(16-17-29(34-28)24-10-12-25(33)13-11-24)30(38)35(6)26-14-8-23(9-15-26)21-36-18-19-37(22(2)20-36)31(39)40-32(3,4)5/h7-17,22H,1,18-21H2,2-6H3/t22-/m0/s1. The number of ether oxygens (including phenoxy) is 1. The van der Waals surface area contributed by atoms with Crippen molar-refractivity contribution in [3.05, 3.63) is 89.9 Å². The number of halogens is 1. The van der Waals surface area contributed by atoms with Gasteiger partial charge in [-0.1, -0.05) is 18.7 Å². The van der Waals surface area contributed by atoms with Crippen LogP contribution in [0.4, 0.5) is 14.9 Å². The molecule has 1 saturated heterocycles. The van der Waals surface area contributed by atoms with Crippen LogP contribution in [0.3, 0.4) is 0 Å². The van der Waals surface area contributed by atoms with Gasteiger partial charge in [-0.2, -0.15) is 0 Å². The minimum Gasteiger partial charge on any atom is -0.444 e. The van der Waals surface area contributed by atoms with Gasteiger partial charge in [-0.15, -0.1) is 0 Å². The average molecular weight is 545 g/mol. The Kier molecular flexibility index (Phi) is 8.69. The van der Waals surface area contributed by atoms with E-state index < -0.39 is 5.60 Å². The molecule has 210 valence electrons. The number of aromatic nitrogens is 1. The molecule has 8 heteroatoms. The van der Waals surface area contributed by atoms with Crippen molar-refractivity contribution in [3.8, 4) is 11.3 Å². The number of nitrogens with zero attached hydrogens (tertiary/aromatic N) is 4. The molecule has 1 aromatic heterocycles. The summed E-state index contributed by atoms with van der Waals surface area (Å²) in [7, 11) is 1.73. The van der Waals surface area contributed by atoms with Gasteiger partial charge in [-0.05, 0) is 87.9 Å². The summed E-state index contributed by atoms with van der Waals surface area (Å²) in [4.78, 5) is 36.2. The average Bonchev–Trinajstić information content (AvgIpc) is 2.92. The SMILES string of the molecule is C=Cc1nc(-c2ccc(F)cc2)ccc1C(=O)N(C)c1ccc(CN2CCN(C(=O)OC(C)(C)C)[C@@H](C)C2)cc1. The van der Waals surface area contributed by atoms with Crippen LogP contribution in [0, 0.1) is 5.82 Å². The molecule has 1 fully saturated rings. The molecule has 4 rings (SSSR count). The first-order valence-electron chi connectivity index (χ1n) is 13.4. The fraction of sp³-hybridized carbons (Fsp3) is 0.344. The van der Waals surface area contributed by atoms with E-state index >= 15 is 0 Å². The number of hydrogen-bond acceptors (Lipinski definition) is 5. The number of carbonyl (C=O) groups excluding carboxylic acids is 2. The molecular formula is C32H37FN4O3. The van der Waals surface area contributed by atoms with Gasteiger partial charge in [0.25, 0.3) is 5.91 Å². The number of carbonyl (C=O) groups is 2. The molecule has 0 spiro atoms. The molecule has 0 unspecified atom stereocenters. The van der Waals surface area contributed by atoms with Gasteiger partial charge in [0.2, 0.25) is 0 Å². The molecule has 2 heterocycles. The lowest BCUT2D eigenvalue weighted by atomic mass is 10.1. The highest BCUT2D eigenvalue weighted by Crippen LogP contribution is 2.24. The molecule has 2 aromatic carbocycles. The topological polar surface area (TPSA) is 66.0 Å². The minimum atomic E-state index is -0.512. The van der Waals surface area contributed by atoms with Crippen molar-refractivity contribution in [2.75, 3.05) is 31.6 Å². The summed E-state index contributed by atoms with van der Waals surface area (Å²) in [6.45, 7) is 14.4. The molecule has 7 nitrogen and oxygen atoms in total. The summed E-state index contributed by atoms with van der Waals surface area (Å²) in [6.07, 6.45) is 1.29. The predicted octanol–water partition coefficient (Wildman–Crippen LogP) is 6.25. The fourth-order valence-electron chi connectivity index (χ4n) is 4.74. The van der Waals surface area contributed by atoms with Crippen molar-refractivity contribution in [3.63, 3.8) is 0 Å². The lowest BCUT2D eigenvalue weighted by Crippen LogP contribution is -2.54. The molecule has 1 aliphatic heterocycles. The zero-order chi connectivity index (χ0) is 29.0. The Morgan fingerprint density at radius 2 is 1.75 bits per heavy atom. The van der Waals surface area contributed by atoms with E-state index in [-0.39, 0.29) is 23.9 Å². The highest BCUT2D eigenvalue weighted by Gasteiger charge is 2.30. The molecule has 1 atom stereocenters. The van der Waals surface area contributed by atoms with Crippen LogP contribution in [0.5, 0.6) is 0 Å². The molecular weight excluding hydrogens is 507 g/mol. The van der Waals surface area contributed by atoms with Crippen molar-refractivity contribution in [2.45, 2.75) is 45.9 Å². The van der Waals surface area contributed by atoms with Gasteiger partial charge in [0.15, 0.2) is 0 Å². The summed E-state index contributed by atoms with van der Waals surface area (Å²) in [6, 6.07) is 17.5. The lowest BCUT2D eigenvalue weighted by Gasteiger charge is -2.40. The Hall–Kier alpha value is -4.04. The number of hydrogen-bond donors (Lipinski definition) is 0. The van der Waals surface area contributed by atoms with E-state index in [2.05, 4.69) is 16.5 Å². The Bertz CT molecular complexity index is 1370. The molecule has 0 saturated carbocycles. The van der Waals surface area contributed by atoms with E-state index in [4.69, 9.17) is 4.74 Å².